The molecule has 1 heterocycles. The normalized spacial score (nSPS) is 10.8. The maximum absolute atomic E-state index is 12.2. The van der Waals surface area contributed by atoms with Gasteiger partial charge in [0, 0.05) is 12.2 Å². The van der Waals surface area contributed by atoms with Crippen molar-refractivity contribution in [2.24, 2.45) is 0 Å². The van der Waals surface area contributed by atoms with Gasteiger partial charge in [-0.25, -0.2) is 4.79 Å². The molecule has 0 aliphatic heterocycles. The van der Waals surface area contributed by atoms with Crippen LogP contribution in [-0.4, -0.2) is 56.1 Å². The maximum Gasteiger partial charge on any atom is 0.339 e. The Balaban J connectivity index is 2.81. The number of aryl methyl sites for hydroxylation is 1. The van der Waals surface area contributed by atoms with Crippen LogP contribution in [-0.2, 0) is 11.2 Å². The van der Waals surface area contributed by atoms with Crippen molar-refractivity contribution in [2.75, 3.05) is 34.3 Å². The van der Waals surface area contributed by atoms with E-state index in [1.54, 1.807) is 6.92 Å². The summed E-state index contributed by atoms with van der Waals surface area (Å²) in [4.78, 5) is 29.1. The van der Waals surface area contributed by atoms with Crippen LogP contribution in [0, 0.1) is 6.92 Å². The lowest BCUT2D eigenvalue weighted by molar-refractivity contribution is 0.0599. The highest BCUT2D eigenvalue weighted by Gasteiger charge is 2.23. The minimum atomic E-state index is -0.410. The molecule has 0 aliphatic carbocycles. The van der Waals surface area contributed by atoms with E-state index < -0.39 is 5.97 Å². The topological polar surface area (TPSA) is 74.4 Å². The lowest BCUT2D eigenvalue weighted by Gasteiger charge is -2.09. The number of carbonyl (C=O) groups is 2. The van der Waals surface area contributed by atoms with Gasteiger partial charge in [0.2, 0.25) is 0 Å². The number of H-pyrrole nitrogens is 1. The van der Waals surface area contributed by atoms with Crippen LogP contribution in [0.1, 0.15) is 45.4 Å². The Kier molecular flexibility index (Phi) is 6.42. The quantitative estimate of drug-likeness (QED) is 0.588. The molecule has 21 heavy (non-hydrogen) atoms. The number of hydrogen-bond acceptors (Lipinski definition) is 4. The zero-order valence-corrected chi connectivity index (χ0v) is 13.5. The molecule has 1 rings (SSSR count). The Morgan fingerprint density at radius 1 is 1.33 bits per heavy atom. The zero-order chi connectivity index (χ0) is 16.0. The molecule has 0 aliphatic rings. The van der Waals surface area contributed by atoms with E-state index in [1.165, 1.54) is 7.11 Å². The summed E-state index contributed by atoms with van der Waals surface area (Å²) in [5.41, 5.74) is 2.29. The summed E-state index contributed by atoms with van der Waals surface area (Å²) in [7, 11) is 5.33. The van der Waals surface area contributed by atoms with E-state index in [2.05, 4.69) is 15.2 Å². The molecule has 0 aromatic carbocycles. The van der Waals surface area contributed by atoms with Gasteiger partial charge in [0.15, 0.2) is 0 Å². The van der Waals surface area contributed by atoms with E-state index in [-0.39, 0.29) is 5.91 Å². The fourth-order valence-electron chi connectivity index (χ4n) is 2.21. The minimum absolute atomic E-state index is 0.184. The first kappa shape index (κ1) is 17.2. The molecule has 0 unspecified atom stereocenters. The van der Waals surface area contributed by atoms with Gasteiger partial charge in [0.25, 0.3) is 5.91 Å². The van der Waals surface area contributed by atoms with Gasteiger partial charge in [-0.05, 0) is 46.0 Å². The Bertz CT molecular complexity index is 507. The van der Waals surface area contributed by atoms with Crippen LogP contribution in [0.5, 0.6) is 0 Å². The Labute approximate surface area is 125 Å². The van der Waals surface area contributed by atoms with Crippen LogP contribution in [0.15, 0.2) is 0 Å². The van der Waals surface area contributed by atoms with Crippen molar-refractivity contribution < 1.29 is 14.3 Å². The first-order valence-corrected chi connectivity index (χ1v) is 7.15. The second kappa shape index (κ2) is 7.83. The standard InChI is InChI=1S/C15H25N3O3/c1-6-11-12(15(20)21-5)10(2)13(17-11)14(19)16-8-7-9-18(3)4/h17H,6-9H2,1-5H3,(H,16,19). The van der Waals surface area contributed by atoms with Crippen LogP contribution < -0.4 is 5.32 Å². The predicted octanol–water partition coefficient (Wildman–Crippen LogP) is 1.35. The molecule has 0 spiro atoms. The molecule has 6 heteroatoms. The van der Waals surface area contributed by atoms with Gasteiger partial charge >= 0.3 is 5.97 Å². The van der Waals surface area contributed by atoms with Crippen molar-refractivity contribution in [1.29, 1.82) is 0 Å². The number of aromatic amines is 1. The Morgan fingerprint density at radius 3 is 2.52 bits per heavy atom. The summed E-state index contributed by atoms with van der Waals surface area (Å²) >= 11 is 0. The number of rotatable bonds is 7. The van der Waals surface area contributed by atoms with Gasteiger partial charge in [-0.2, -0.15) is 0 Å². The first-order chi connectivity index (χ1) is 9.92. The highest BCUT2D eigenvalue weighted by Crippen LogP contribution is 2.20. The highest BCUT2D eigenvalue weighted by atomic mass is 16.5. The molecule has 1 aromatic heterocycles. The summed E-state index contributed by atoms with van der Waals surface area (Å²) in [6.07, 6.45) is 1.52. The van der Waals surface area contributed by atoms with Crippen LogP contribution in [0.25, 0.3) is 0 Å². The van der Waals surface area contributed by atoms with Crippen molar-refractivity contribution in [1.82, 2.24) is 15.2 Å². The second-order valence-electron chi connectivity index (χ2n) is 5.24. The fourth-order valence-corrected chi connectivity index (χ4v) is 2.21. The maximum atomic E-state index is 12.2. The largest absolute Gasteiger partial charge is 0.465 e. The third-order valence-electron chi connectivity index (χ3n) is 3.37. The molecule has 6 nitrogen and oxygen atoms in total. The molecule has 0 atom stereocenters. The number of nitrogens with zero attached hydrogens (tertiary/aromatic N) is 1. The average Bonchev–Trinajstić information content (AvgIpc) is 2.79. The van der Waals surface area contributed by atoms with E-state index in [9.17, 15) is 9.59 Å². The van der Waals surface area contributed by atoms with Crippen LogP contribution >= 0.6 is 0 Å². The number of nitrogens with one attached hydrogen (secondary N) is 2. The number of esters is 1. The summed E-state index contributed by atoms with van der Waals surface area (Å²) in [6.45, 7) is 5.20. The third-order valence-corrected chi connectivity index (χ3v) is 3.37. The SMILES string of the molecule is CCc1[nH]c(C(=O)NCCCN(C)C)c(C)c1C(=O)OC. The summed E-state index contributed by atoms with van der Waals surface area (Å²) in [5.74, 6) is -0.594. The van der Waals surface area contributed by atoms with E-state index in [4.69, 9.17) is 4.74 Å². The van der Waals surface area contributed by atoms with Crippen molar-refractivity contribution in [3.05, 3.63) is 22.5 Å². The summed E-state index contributed by atoms with van der Waals surface area (Å²) in [5, 5.41) is 2.87. The lowest BCUT2D eigenvalue weighted by Crippen LogP contribution is -2.28. The molecule has 0 saturated heterocycles. The zero-order valence-electron chi connectivity index (χ0n) is 13.5. The molecule has 0 fully saturated rings. The van der Waals surface area contributed by atoms with E-state index >= 15 is 0 Å². The smallest absolute Gasteiger partial charge is 0.339 e. The van der Waals surface area contributed by atoms with E-state index in [1.807, 2.05) is 21.0 Å². The molecule has 0 radical (unpaired) electrons. The third kappa shape index (κ3) is 4.32. The van der Waals surface area contributed by atoms with Crippen molar-refractivity contribution in [3.8, 4) is 0 Å². The van der Waals surface area contributed by atoms with Crippen LogP contribution in [0.4, 0.5) is 0 Å². The van der Waals surface area contributed by atoms with Crippen LogP contribution in [0.2, 0.25) is 0 Å². The fraction of sp³-hybridized carbons (Fsp3) is 0.600. The van der Waals surface area contributed by atoms with Gasteiger partial charge in [0.1, 0.15) is 5.69 Å². The van der Waals surface area contributed by atoms with Gasteiger partial charge in [-0.15, -0.1) is 0 Å². The van der Waals surface area contributed by atoms with E-state index in [0.717, 1.165) is 18.7 Å². The predicted molar refractivity (Wildman–Crippen MR) is 81.8 cm³/mol. The summed E-state index contributed by atoms with van der Waals surface area (Å²) in [6, 6.07) is 0. The number of methoxy groups -OCH3 is 1. The Hall–Kier alpha value is -1.82. The molecule has 118 valence electrons. The number of hydrogen-bond donors (Lipinski definition) is 2. The van der Waals surface area contributed by atoms with E-state index in [0.29, 0.717) is 29.8 Å². The summed E-state index contributed by atoms with van der Waals surface area (Å²) < 4.78 is 4.78. The molecule has 0 bridgehead atoms. The molecular weight excluding hydrogens is 270 g/mol. The monoisotopic (exact) mass is 295 g/mol. The van der Waals surface area contributed by atoms with Crippen molar-refractivity contribution in [3.63, 3.8) is 0 Å². The molecule has 0 saturated carbocycles. The minimum Gasteiger partial charge on any atom is -0.465 e. The first-order valence-electron chi connectivity index (χ1n) is 7.15. The van der Waals surface area contributed by atoms with Crippen molar-refractivity contribution >= 4 is 11.9 Å². The number of amides is 1. The van der Waals surface area contributed by atoms with Gasteiger partial charge in [-0.1, -0.05) is 6.92 Å². The van der Waals surface area contributed by atoms with Gasteiger partial charge in [-0.3, -0.25) is 4.79 Å². The number of aromatic nitrogens is 1. The van der Waals surface area contributed by atoms with Gasteiger partial charge in [0.05, 0.1) is 12.7 Å². The van der Waals surface area contributed by atoms with Crippen LogP contribution in [0.3, 0.4) is 0 Å². The molecule has 1 amide bonds. The highest BCUT2D eigenvalue weighted by molar-refractivity contribution is 6.00. The molecular formula is C15H25N3O3. The molecule has 1 aromatic rings. The number of carbonyl (C=O) groups excluding carboxylic acids is 2. The van der Waals surface area contributed by atoms with Crippen molar-refractivity contribution in [2.45, 2.75) is 26.7 Å². The van der Waals surface area contributed by atoms with Gasteiger partial charge < -0.3 is 19.9 Å². The lowest BCUT2D eigenvalue weighted by atomic mass is 10.1. The average molecular weight is 295 g/mol. The second-order valence-corrected chi connectivity index (χ2v) is 5.24. The molecule has 2 N–H and O–H groups in total. The Morgan fingerprint density at radius 2 is 2.00 bits per heavy atom. The number of ether oxygens (including phenoxy) is 1.